The fourth-order valence-electron chi connectivity index (χ4n) is 2.60. The molecule has 2 heteroatoms. The molecule has 2 aliphatic rings. The van der Waals surface area contributed by atoms with Crippen LogP contribution in [0.2, 0.25) is 0 Å². The van der Waals surface area contributed by atoms with Crippen molar-refractivity contribution in [3.63, 3.8) is 0 Å². The Balaban J connectivity index is 1.81. The lowest BCUT2D eigenvalue weighted by molar-refractivity contribution is 0.119. The largest absolute Gasteiger partial charge is 0.377 e. The van der Waals surface area contributed by atoms with Crippen LogP contribution in [-0.4, -0.2) is 18.0 Å². The van der Waals surface area contributed by atoms with E-state index in [1.54, 1.807) is 0 Å². The van der Waals surface area contributed by atoms with E-state index in [9.17, 15) is 0 Å². The van der Waals surface area contributed by atoms with Gasteiger partial charge in [-0.05, 0) is 18.3 Å². The van der Waals surface area contributed by atoms with Crippen LogP contribution in [-0.2, 0) is 4.74 Å². The third kappa shape index (κ3) is 1.85. The molecule has 0 bridgehead atoms. The first-order valence-electron chi connectivity index (χ1n) is 5.07. The average Bonchev–Trinajstić information content (AvgIpc) is 2.75. The predicted molar refractivity (Wildman–Crippen MR) is 53.6 cm³/mol. The van der Waals surface area contributed by atoms with Crippen LogP contribution in [0.3, 0.4) is 0 Å². The molecule has 1 nitrogen and oxygen atoms in total. The maximum Gasteiger partial charge on any atom is 0.0675 e. The Labute approximate surface area is 83.0 Å². The molecular formula is C10H17BrO. The molecule has 0 radical (unpaired) electrons. The van der Waals surface area contributed by atoms with Gasteiger partial charge in [-0.2, -0.15) is 0 Å². The van der Waals surface area contributed by atoms with Crippen LogP contribution >= 0.6 is 15.9 Å². The minimum atomic E-state index is 0.510. The molecule has 0 spiro atoms. The molecule has 0 aromatic heterocycles. The molecule has 0 aromatic carbocycles. The Morgan fingerprint density at radius 2 is 1.92 bits per heavy atom. The molecule has 0 amide bonds. The monoisotopic (exact) mass is 232 g/mol. The van der Waals surface area contributed by atoms with Gasteiger partial charge in [-0.15, -0.1) is 0 Å². The van der Waals surface area contributed by atoms with Gasteiger partial charge < -0.3 is 4.74 Å². The van der Waals surface area contributed by atoms with Crippen molar-refractivity contribution in [2.24, 2.45) is 11.8 Å². The van der Waals surface area contributed by atoms with E-state index in [0.717, 1.165) is 23.8 Å². The Morgan fingerprint density at radius 3 is 2.50 bits per heavy atom. The number of halogens is 1. The molecule has 1 saturated carbocycles. The summed E-state index contributed by atoms with van der Waals surface area (Å²) < 4.78 is 5.68. The summed E-state index contributed by atoms with van der Waals surface area (Å²) in [5, 5.41) is 1.02. The zero-order valence-corrected chi connectivity index (χ0v) is 9.05. The van der Waals surface area contributed by atoms with Crippen molar-refractivity contribution in [2.45, 2.75) is 38.2 Å². The van der Waals surface area contributed by atoms with Gasteiger partial charge in [-0.25, -0.2) is 0 Å². The van der Waals surface area contributed by atoms with Gasteiger partial charge in [0.05, 0.1) is 12.7 Å². The first kappa shape index (κ1) is 9.01. The molecule has 1 aliphatic carbocycles. The second kappa shape index (κ2) is 4.10. The second-order valence-electron chi connectivity index (χ2n) is 4.15. The summed E-state index contributed by atoms with van der Waals surface area (Å²) in [6, 6.07) is 0. The molecule has 2 atom stereocenters. The van der Waals surface area contributed by atoms with Crippen molar-refractivity contribution < 1.29 is 4.74 Å². The van der Waals surface area contributed by atoms with Crippen molar-refractivity contribution in [3.8, 4) is 0 Å². The Bertz CT molecular complexity index is 143. The van der Waals surface area contributed by atoms with Crippen molar-refractivity contribution in [3.05, 3.63) is 0 Å². The van der Waals surface area contributed by atoms with Gasteiger partial charge in [0, 0.05) is 5.33 Å². The Kier molecular flexibility index (Phi) is 3.08. The van der Waals surface area contributed by atoms with Crippen LogP contribution in [0.15, 0.2) is 0 Å². The summed E-state index contributed by atoms with van der Waals surface area (Å²) in [6.07, 6.45) is 7.65. The summed E-state index contributed by atoms with van der Waals surface area (Å²) in [6.45, 7) is 1.03. The van der Waals surface area contributed by atoms with Gasteiger partial charge >= 0.3 is 0 Å². The van der Waals surface area contributed by atoms with Crippen LogP contribution in [0.25, 0.3) is 0 Å². The van der Waals surface area contributed by atoms with E-state index < -0.39 is 0 Å². The van der Waals surface area contributed by atoms with Gasteiger partial charge in [-0.3, -0.25) is 0 Å². The highest BCUT2D eigenvalue weighted by Crippen LogP contribution is 2.37. The van der Waals surface area contributed by atoms with Crippen LogP contribution in [0.5, 0.6) is 0 Å². The fourth-order valence-corrected chi connectivity index (χ4v) is 3.05. The topological polar surface area (TPSA) is 9.23 Å². The van der Waals surface area contributed by atoms with Crippen LogP contribution in [0.1, 0.15) is 32.1 Å². The van der Waals surface area contributed by atoms with Crippen molar-refractivity contribution >= 4 is 15.9 Å². The second-order valence-corrected chi connectivity index (χ2v) is 4.80. The molecular weight excluding hydrogens is 216 g/mol. The number of hydrogen-bond acceptors (Lipinski definition) is 1. The van der Waals surface area contributed by atoms with E-state index in [0.29, 0.717) is 6.10 Å². The van der Waals surface area contributed by atoms with Crippen molar-refractivity contribution in [1.82, 2.24) is 0 Å². The average molecular weight is 233 g/mol. The van der Waals surface area contributed by atoms with Crippen LogP contribution < -0.4 is 0 Å². The molecule has 1 saturated heterocycles. The van der Waals surface area contributed by atoms with Crippen LogP contribution in [0, 0.1) is 11.8 Å². The van der Waals surface area contributed by atoms with E-state index in [-0.39, 0.29) is 0 Å². The highest BCUT2D eigenvalue weighted by atomic mass is 79.9. The predicted octanol–water partition coefficient (Wildman–Crippen LogP) is 2.98. The van der Waals surface area contributed by atoms with E-state index in [2.05, 4.69) is 15.9 Å². The highest BCUT2D eigenvalue weighted by Gasteiger charge is 2.32. The quantitative estimate of drug-likeness (QED) is 0.666. The number of ether oxygens (including phenoxy) is 1. The third-order valence-corrected chi connectivity index (χ3v) is 4.07. The van der Waals surface area contributed by atoms with Gasteiger partial charge in [0.15, 0.2) is 0 Å². The molecule has 0 N–H and O–H groups in total. The first-order chi connectivity index (χ1) is 5.90. The lowest BCUT2D eigenvalue weighted by Crippen LogP contribution is -2.11. The Hall–Kier alpha value is 0.440. The summed E-state index contributed by atoms with van der Waals surface area (Å²) in [4.78, 5) is 0. The normalized spacial score (nSPS) is 37.8. The van der Waals surface area contributed by atoms with Gasteiger partial charge in [-0.1, -0.05) is 41.6 Å². The summed E-state index contributed by atoms with van der Waals surface area (Å²) in [7, 11) is 0. The Morgan fingerprint density at radius 1 is 1.17 bits per heavy atom. The number of hydrogen-bond donors (Lipinski definition) is 0. The molecule has 12 heavy (non-hydrogen) atoms. The number of alkyl halides is 1. The summed E-state index contributed by atoms with van der Waals surface area (Å²) in [5.41, 5.74) is 0. The standard InChI is InChI=1S/C10H17BrO/c11-6-10-5-9(7-12-10)8-3-1-2-4-8/h8-10H,1-7H2/t9-,10+/m1/s1. The van der Waals surface area contributed by atoms with Gasteiger partial charge in [0.2, 0.25) is 0 Å². The molecule has 0 unspecified atom stereocenters. The number of rotatable bonds is 2. The lowest BCUT2D eigenvalue weighted by Gasteiger charge is -2.15. The molecule has 0 aromatic rings. The zero-order chi connectivity index (χ0) is 8.39. The smallest absolute Gasteiger partial charge is 0.0675 e. The molecule has 2 rings (SSSR count). The summed E-state index contributed by atoms with van der Waals surface area (Å²) in [5.74, 6) is 1.88. The lowest BCUT2D eigenvalue weighted by atomic mass is 9.89. The maximum atomic E-state index is 5.68. The molecule has 1 aliphatic heterocycles. The van der Waals surface area contributed by atoms with Crippen molar-refractivity contribution in [2.75, 3.05) is 11.9 Å². The minimum absolute atomic E-state index is 0.510. The first-order valence-corrected chi connectivity index (χ1v) is 6.20. The fraction of sp³-hybridized carbons (Fsp3) is 1.00. The zero-order valence-electron chi connectivity index (χ0n) is 7.47. The van der Waals surface area contributed by atoms with E-state index in [1.807, 2.05) is 0 Å². The highest BCUT2D eigenvalue weighted by molar-refractivity contribution is 9.09. The summed E-state index contributed by atoms with van der Waals surface area (Å²) >= 11 is 3.49. The third-order valence-electron chi connectivity index (χ3n) is 3.35. The van der Waals surface area contributed by atoms with Gasteiger partial charge in [0.25, 0.3) is 0 Å². The maximum absolute atomic E-state index is 5.68. The van der Waals surface area contributed by atoms with E-state index >= 15 is 0 Å². The molecule has 1 heterocycles. The molecule has 2 fully saturated rings. The van der Waals surface area contributed by atoms with E-state index in [4.69, 9.17) is 4.74 Å². The molecule has 70 valence electrons. The van der Waals surface area contributed by atoms with Crippen molar-refractivity contribution in [1.29, 1.82) is 0 Å². The van der Waals surface area contributed by atoms with E-state index in [1.165, 1.54) is 32.1 Å². The van der Waals surface area contributed by atoms with Gasteiger partial charge in [0.1, 0.15) is 0 Å². The minimum Gasteiger partial charge on any atom is -0.377 e. The SMILES string of the molecule is BrC[C@@H]1C[C@@H](C2CCCC2)CO1. The van der Waals surface area contributed by atoms with Crippen LogP contribution in [0.4, 0.5) is 0 Å².